The molecule has 1 atom stereocenters. The molecule has 1 saturated heterocycles. The van der Waals surface area contributed by atoms with Crippen molar-refractivity contribution < 1.29 is 33.7 Å². The Morgan fingerprint density at radius 3 is 2.96 bits per heavy atom. The Balaban J connectivity index is 0.00000117. The molecule has 0 unspecified atom stereocenters. The van der Waals surface area contributed by atoms with E-state index in [0.29, 0.717) is 10.9 Å². The van der Waals surface area contributed by atoms with Crippen LogP contribution in [-0.4, -0.2) is 52.2 Å². The van der Waals surface area contributed by atoms with Gasteiger partial charge in [0.2, 0.25) is 5.91 Å². The van der Waals surface area contributed by atoms with Crippen LogP contribution in [0.2, 0.25) is 0 Å². The number of alkyl halides is 2. The minimum absolute atomic E-state index is 0.343. The van der Waals surface area contributed by atoms with Gasteiger partial charge in [0.05, 0.1) is 19.2 Å². The van der Waals surface area contributed by atoms with Gasteiger partial charge >= 0.3 is 20.8 Å². The van der Waals surface area contributed by atoms with E-state index in [0.717, 1.165) is 10.4 Å². The van der Waals surface area contributed by atoms with E-state index in [1.807, 2.05) is 0 Å². The zero-order valence-corrected chi connectivity index (χ0v) is 14.6. The number of fused-ring (bicyclic) bond motifs is 1. The summed E-state index contributed by atoms with van der Waals surface area (Å²) >= 11 is 3.31. The number of aromatic amines is 1. The molecule has 1 aromatic heterocycles. The average Bonchev–Trinajstić information content (AvgIpc) is 3.21. The van der Waals surface area contributed by atoms with E-state index in [9.17, 15) is 18.4 Å². The number of nitrogens with one attached hydrogen (secondary N) is 2. The fourth-order valence-electron chi connectivity index (χ4n) is 2.75. The molecule has 3 rings (SSSR count). The quantitative estimate of drug-likeness (QED) is 0.759. The normalized spacial score (nSPS) is 17.9. The maximum absolute atomic E-state index is 13.3. The summed E-state index contributed by atoms with van der Waals surface area (Å²) < 4.78 is 26.7. The number of likely N-dealkylation sites (tertiary alicyclic amines) is 1. The van der Waals surface area contributed by atoms with E-state index in [1.54, 1.807) is 24.3 Å². The first-order chi connectivity index (χ1) is 12.4. The third kappa shape index (κ3) is 4.15. The Labute approximate surface area is 156 Å². The molecule has 139 valence electrons. The number of amides is 2. The zero-order chi connectivity index (χ0) is 19.3. The summed E-state index contributed by atoms with van der Waals surface area (Å²) in [7, 11) is 0. The summed E-state index contributed by atoms with van der Waals surface area (Å²) in [5.74, 6) is -4.28. The van der Waals surface area contributed by atoms with Crippen molar-refractivity contribution in [2.24, 2.45) is 0 Å². The number of halogens is 2. The third-order valence-electron chi connectivity index (χ3n) is 3.91. The van der Waals surface area contributed by atoms with Crippen molar-refractivity contribution in [2.45, 2.75) is 18.4 Å². The average molecular weight is 404 g/mol. The second-order valence-corrected chi connectivity index (χ2v) is 5.58. The first-order valence-corrected chi connectivity index (χ1v) is 8.21. The number of hydrogen-bond acceptors (Lipinski definition) is 3. The summed E-state index contributed by atoms with van der Waals surface area (Å²) in [4.78, 5) is 28.0. The molecule has 9 heteroatoms. The number of carbonyl (C=O) groups is 2. The fourth-order valence-corrected chi connectivity index (χ4v) is 2.75. The number of benzene rings is 1. The number of carbonyl (C=O) groups excluding carboxylic acids is 2. The van der Waals surface area contributed by atoms with Crippen LogP contribution in [0.4, 0.5) is 8.78 Å². The molecule has 1 fully saturated rings. The molecule has 0 radical (unpaired) electrons. The summed E-state index contributed by atoms with van der Waals surface area (Å²) in [6.45, 7) is -1.25. The Bertz CT molecular complexity index is 862. The minimum atomic E-state index is -3.08. The van der Waals surface area contributed by atoms with E-state index in [1.165, 1.54) is 6.20 Å². The van der Waals surface area contributed by atoms with Gasteiger partial charge in [-0.3, -0.25) is 9.59 Å². The molecule has 0 aliphatic carbocycles. The second kappa shape index (κ2) is 8.20. The predicted octanol–water partition coefficient (Wildman–Crippen LogP) is 1.42. The van der Waals surface area contributed by atoms with Crippen molar-refractivity contribution >= 4 is 28.2 Å². The molecule has 1 aliphatic heterocycles. The van der Waals surface area contributed by atoms with Gasteiger partial charge in [-0.15, -0.1) is 0 Å². The van der Waals surface area contributed by atoms with E-state index in [-0.39, 0.29) is 0 Å². The van der Waals surface area contributed by atoms with Gasteiger partial charge in [0.25, 0.3) is 11.8 Å². The van der Waals surface area contributed by atoms with Crippen LogP contribution in [0.3, 0.4) is 0 Å². The van der Waals surface area contributed by atoms with E-state index in [4.69, 9.17) is 5.26 Å². The van der Waals surface area contributed by atoms with Gasteiger partial charge in [-0.05, 0) is 0 Å². The van der Waals surface area contributed by atoms with Crippen LogP contribution in [0, 0.1) is 17.4 Å². The number of H-pyrrole nitrogens is 1. The van der Waals surface area contributed by atoms with Crippen molar-refractivity contribution in [1.82, 2.24) is 15.2 Å². The first-order valence-electron chi connectivity index (χ1n) is 7.47. The summed E-state index contributed by atoms with van der Waals surface area (Å²) in [6.07, 6.45) is 0.822. The van der Waals surface area contributed by atoms with Crippen LogP contribution in [0.5, 0.6) is 0 Å². The predicted molar refractivity (Wildman–Crippen MR) is 87.3 cm³/mol. The van der Waals surface area contributed by atoms with Gasteiger partial charge in [-0.2, -0.15) is 29.5 Å². The topological polar surface area (TPSA) is 89.0 Å². The summed E-state index contributed by atoms with van der Waals surface area (Å²) in [6, 6.07) is 8.43. The molecule has 2 heterocycles. The SMILES string of the molecule is N#C[C@@H]1CC(F)(F)CN1C(=O)CNC(=O)c1c[nH]c2c[c-]ccc12.[CH2]=[Co]. The van der Waals surface area contributed by atoms with Gasteiger partial charge in [-0.1, -0.05) is 10.9 Å². The number of nitrogens with zero attached hydrogens (tertiary/aromatic N) is 2. The summed E-state index contributed by atoms with van der Waals surface area (Å²) in [5.41, 5.74) is 4.00. The van der Waals surface area contributed by atoms with E-state index < -0.39 is 43.3 Å². The second-order valence-electron chi connectivity index (χ2n) is 5.58. The molecule has 0 bridgehead atoms. The monoisotopic (exact) mass is 404 g/mol. The molecule has 2 aromatic rings. The Kier molecular flexibility index (Phi) is 6.23. The van der Waals surface area contributed by atoms with E-state index in [2.05, 4.69) is 37.1 Å². The number of aromatic nitrogens is 1. The van der Waals surface area contributed by atoms with Crippen molar-refractivity contribution in [3.8, 4) is 6.07 Å². The van der Waals surface area contributed by atoms with Crippen LogP contribution in [0.25, 0.3) is 10.9 Å². The molecular weight excluding hydrogens is 389 g/mol. The van der Waals surface area contributed by atoms with Gasteiger partial charge in [0, 0.05) is 18.2 Å². The Morgan fingerprint density at radius 2 is 2.27 bits per heavy atom. The van der Waals surface area contributed by atoms with Gasteiger partial charge in [-0.25, -0.2) is 8.78 Å². The Hall–Kier alpha value is -2.57. The van der Waals surface area contributed by atoms with Crippen LogP contribution in [0.15, 0.2) is 24.4 Å². The molecule has 6 nitrogen and oxygen atoms in total. The van der Waals surface area contributed by atoms with Crippen LogP contribution in [-0.2, 0) is 20.1 Å². The van der Waals surface area contributed by atoms with Crippen molar-refractivity contribution in [2.75, 3.05) is 13.1 Å². The Morgan fingerprint density at radius 1 is 1.54 bits per heavy atom. The number of hydrogen-bond donors (Lipinski definition) is 2. The van der Waals surface area contributed by atoms with Crippen molar-refractivity contribution in [3.63, 3.8) is 0 Å². The van der Waals surface area contributed by atoms with Crippen molar-refractivity contribution in [3.05, 3.63) is 36.0 Å². The van der Waals surface area contributed by atoms with Crippen LogP contribution >= 0.6 is 0 Å². The van der Waals surface area contributed by atoms with E-state index >= 15 is 0 Å². The molecule has 1 aromatic carbocycles. The molecular formula is C17H15CoF2N4O2-. The molecule has 0 saturated carbocycles. The first kappa shape index (κ1) is 19.7. The zero-order valence-electron chi connectivity index (χ0n) is 13.5. The van der Waals surface area contributed by atoms with Crippen molar-refractivity contribution in [1.29, 1.82) is 5.26 Å². The maximum atomic E-state index is 13.3. The number of nitriles is 1. The molecule has 1 aliphatic rings. The molecule has 26 heavy (non-hydrogen) atoms. The summed E-state index contributed by atoms with van der Waals surface area (Å²) in [5, 5.41) is 12.0. The van der Waals surface area contributed by atoms with Gasteiger partial charge < -0.3 is 15.2 Å². The fraction of sp³-hybridized carbons (Fsp3) is 0.294. The van der Waals surface area contributed by atoms with Gasteiger partial charge in [0.15, 0.2) is 0 Å². The standard InChI is InChI=1S/C16H13F2N4O2.CH2.Co/c17-16(18)5-10(6-19)22(9-16)14(23)8-21-15(24)12-7-20-13-4-2-1-3-11(12)13;;/h1,3-4,7,10,20H,5,8-9H2,(H,21,24);1H2;/q-1;;/t10-;;/m0../s1. The van der Waals surface area contributed by atoms with Gasteiger partial charge in [0.1, 0.15) is 6.04 Å². The van der Waals surface area contributed by atoms with Crippen LogP contribution in [0.1, 0.15) is 16.8 Å². The van der Waals surface area contributed by atoms with Crippen LogP contribution < -0.4 is 5.32 Å². The number of rotatable bonds is 3. The molecule has 2 amide bonds. The molecule has 2 N–H and O–H groups in total. The third-order valence-corrected chi connectivity index (χ3v) is 3.91. The molecule has 0 spiro atoms.